The van der Waals surface area contributed by atoms with Crippen molar-refractivity contribution in [2.75, 3.05) is 5.01 Å². The van der Waals surface area contributed by atoms with Crippen LogP contribution in [0.2, 0.25) is 0 Å². The van der Waals surface area contributed by atoms with Gasteiger partial charge >= 0.3 is 0 Å². The SMILES string of the molecule is C=Nc1ncc(Br)nc1N(N)Cc1ccc2ncccc2c1. The van der Waals surface area contributed by atoms with E-state index in [1.54, 1.807) is 12.4 Å². The van der Waals surface area contributed by atoms with Gasteiger partial charge in [0.25, 0.3) is 0 Å². The van der Waals surface area contributed by atoms with Crippen LogP contribution in [-0.4, -0.2) is 21.7 Å². The van der Waals surface area contributed by atoms with E-state index in [9.17, 15) is 0 Å². The Hall–Kier alpha value is -2.38. The van der Waals surface area contributed by atoms with E-state index in [4.69, 9.17) is 5.84 Å². The molecule has 0 saturated heterocycles. The summed E-state index contributed by atoms with van der Waals surface area (Å²) < 4.78 is 0.591. The standard InChI is InChI=1S/C15H13BrN6/c1-18-14-15(21-13(16)8-20-14)22(17)9-10-4-5-12-11(7-10)3-2-6-19-12/h2-8H,1,9,17H2. The van der Waals surface area contributed by atoms with E-state index in [2.05, 4.69) is 48.7 Å². The van der Waals surface area contributed by atoms with Crippen molar-refractivity contribution in [1.29, 1.82) is 0 Å². The van der Waals surface area contributed by atoms with Gasteiger partial charge in [-0.15, -0.1) is 0 Å². The molecule has 7 heteroatoms. The summed E-state index contributed by atoms with van der Waals surface area (Å²) in [6.45, 7) is 3.96. The molecule has 2 heterocycles. The minimum absolute atomic E-state index is 0.396. The number of nitrogens with two attached hydrogens (primary N) is 1. The van der Waals surface area contributed by atoms with Gasteiger partial charge in [0.15, 0.2) is 11.6 Å². The van der Waals surface area contributed by atoms with Crippen LogP contribution in [-0.2, 0) is 6.54 Å². The molecule has 0 bridgehead atoms. The Bertz CT molecular complexity index is 835. The molecular weight excluding hydrogens is 344 g/mol. The van der Waals surface area contributed by atoms with Gasteiger partial charge in [0.05, 0.1) is 18.3 Å². The third-order valence-corrected chi connectivity index (χ3v) is 3.53. The number of hydrazine groups is 1. The molecule has 0 fully saturated rings. The van der Waals surface area contributed by atoms with Gasteiger partial charge < -0.3 is 0 Å². The van der Waals surface area contributed by atoms with Crippen LogP contribution in [0.4, 0.5) is 11.6 Å². The molecule has 0 amide bonds. The Morgan fingerprint density at radius 3 is 2.95 bits per heavy atom. The van der Waals surface area contributed by atoms with Gasteiger partial charge in [-0.2, -0.15) is 0 Å². The first kappa shape index (κ1) is 14.6. The zero-order valence-corrected chi connectivity index (χ0v) is 13.2. The van der Waals surface area contributed by atoms with Gasteiger partial charge in [-0.25, -0.2) is 20.8 Å². The molecule has 0 atom stereocenters. The summed E-state index contributed by atoms with van der Waals surface area (Å²) in [5, 5.41) is 2.56. The minimum atomic E-state index is 0.396. The van der Waals surface area contributed by atoms with Gasteiger partial charge in [0.1, 0.15) is 4.60 Å². The topological polar surface area (TPSA) is 80.3 Å². The Morgan fingerprint density at radius 2 is 2.14 bits per heavy atom. The smallest absolute Gasteiger partial charge is 0.196 e. The van der Waals surface area contributed by atoms with Crippen LogP contribution < -0.4 is 10.9 Å². The maximum atomic E-state index is 6.12. The molecule has 2 aromatic heterocycles. The lowest BCUT2D eigenvalue weighted by Crippen LogP contribution is -2.31. The van der Waals surface area contributed by atoms with E-state index in [1.165, 1.54) is 5.01 Å². The highest BCUT2D eigenvalue weighted by atomic mass is 79.9. The normalized spacial score (nSPS) is 10.6. The predicted octanol–water partition coefficient (Wildman–Crippen LogP) is 3.00. The van der Waals surface area contributed by atoms with E-state index < -0.39 is 0 Å². The van der Waals surface area contributed by atoms with Crippen molar-refractivity contribution in [3.05, 3.63) is 52.9 Å². The van der Waals surface area contributed by atoms with E-state index in [1.807, 2.05) is 24.3 Å². The van der Waals surface area contributed by atoms with Crippen LogP contribution in [0.15, 0.2) is 52.3 Å². The highest BCUT2D eigenvalue weighted by Crippen LogP contribution is 2.25. The predicted molar refractivity (Wildman–Crippen MR) is 91.1 cm³/mol. The summed E-state index contributed by atoms with van der Waals surface area (Å²) in [6, 6.07) is 9.93. The molecule has 0 spiro atoms. The van der Waals surface area contributed by atoms with Gasteiger partial charge in [-0.05, 0) is 46.4 Å². The maximum absolute atomic E-state index is 6.12. The second-order valence-corrected chi connectivity index (χ2v) is 5.47. The van der Waals surface area contributed by atoms with Crippen LogP contribution >= 0.6 is 15.9 Å². The molecule has 0 aliphatic rings. The number of anilines is 1. The number of hydrogen-bond acceptors (Lipinski definition) is 6. The molecule has 0 unspecified atom stereocenters. The molecule has 3 aromatic rings. The average molecular weight is 357 g/mol. The second-order valence-electron chi connectivity index (χ2n) is 4.66. The van der Waals surface area contributed by atoms with Gasteiger partial charge in [0, 0.05) is 11.6 Å². The molecule has 6 nitrogen and oxygen atoms in total. The third kappa shape index (κ3) is 2.95. The lowest BCUT2D eigenvalue weighted by atomic mass is 10.1. The van der Waals surface area contributed by atoms with Crippen molar-refractivity contribution in [3.63, 3.8) is 0 Å². The van der Waals surface area contributed by atoms with Crippen molar-refractivity contribution in [1.82, 2.24) is 15.0 Å². The number of hydrogen-bond donors (Lipinski definition) is 1. The van der Waals surface area contributed by atoms with E-state index in [0.29, 0.717) is 22.8 Å². The Morgan fingerprint density at radius 1 is 1.27 bits per heavy atom. The number of aliphatic imine (C=N–C) groups is 1. The van der Waals surface area contributed by atoms with Gasteiger partial charge in [-0.3, -0.25) is 9.99 Å². The van der Waals surface area contributed by atoms with E-state index >= 15 is 0 Å². The summed E-state index contributed by atoms with van der Waals surface area (Å²) in [6.07, 6.45) is 3.33. The number of aromatic nitrogens is 3. The molecule has 0 aliphatic carbocycles. The van der Waals surface area contributed by atoms with Gasteiger partial charge in [-0.1, -0.05) is 12.1 Å². The zero-order valence-electron chi connectivity index (χ0n) is 11.6. The fourth-order valence-corrected chi connectivity index (χ4v) is 2.42. The monoisotopic (exact) mass is 356 g/mol. The third-order valence-electron chi connectivity index (χ3n) is 3.15. The number of fused-ring (bicyclic) bond motifs is 1. The summed E-state index contributed by atoms with van der Waals surface area (Å²) in [4.78, 5) is 16.6. The fraction of sp³-hybridized carbons (Fsp3) is 0.0667. The molecule has 22 heavy (non-hydrogen) atoms. The Kier molecular flexibility index (Phi) is 4.08. The van der Waals surface area contributed by atoms with Crippen LogP contribution in [0, 0.1) is 0 Å². The van der Waals surface area contributed by atoms with E-state index in [-0.39, 0.29) is 0 Å². The first-order valence-corrected chi connectivity index (χ1v) is 7.32. The largest absolute Gasteiger partial charge is 0.287 e. The first-order valence-electron chi connectivity index (χ1n) is 6.52. The molecule has 2 N–H and O–H groups in total. The van der Waals surface area contributed by atoms with Gasteiger partial charge in [0.2, 0.25) is 0 Å². The molecule has 0 saturated carbocycles. The number of pyridine rings is 1. The average Bonchev–Trinajstić information content (AvgIpc) is 2.54. The highest BCUT2D eigenvalue weighted by Gasteiger charge is 2.12. The van der Waals surface area contributed by atoms with Crippen LogP contribution in [0.3, 0.4) is 0 Å². The van der Waals surface area contributed by atoms with Crippen molar-refractivity contribution in [2.24, 2.45) is 10.8 Å². The summed E-state index contributed by atoms with van der Waals surface area (Å²) in [5.41, 5.74) is 1.99. The quantitative estimate of drug-likeness (QED) is 0.441. The molecular formula is C15H13BrN6. The summed E-state index contributed by atoms with van der Waals surface area (Å²) in [7, 11) is 0. The molecule has 3 rings (SSSR count). The Labute approximate surface area is 135 Å². The molecule has 1 aromatic carbocycles. The first-order chi connectivity index (χ1) is 10.7. The zero-order chi connectivity index (χ0) is 15.5. The molecule has 0 aliphatic heterocycles. The summed E-state index contributed by atoms with van der Waals surface area (Å²) >= 11 is 3.29. The lowest BCUT2D eigenvalue weighted by Gasteiger charge is -2.19. The number of rotatable bonds is 4. The van der Waals surface area contributed by atoms with Crippen LogP contribution in [0.5, 0.6) is 0 Å². The number of nitrogens with zero attached hydrogens (tertiary/aromatic N) is 5. The second kappa shape index (κ2) is 6.17. The van der Waals surface area contributed by atoms with Crippen molar-refractivity contribution in [2.45, 2.75) is 6.54 Å². The molecule has 0 radical (unpaired) electrons. The van der Waals surface area contributed by atoms with Crippen molar-refractivity contribution in [3.8, 4) is 0 Å². The number of benzene rings is 1. The Balaban J connectivity index is 1.91. The fourth-order valence-electron chi connectivity index (χ4n) is 2.15. The summed E-state index contributed by atoms with van der Waals surface area (Å²) in [5.74, 6) is 6.99. The highest BCUT2D eigenvalue weighted by molar-refractivity contribution is 9.10. The lowest BCUT2D eigenvalue weighted by molar-refractivity contribution is 0.825. The maximum Gasteiger partial charge on any atom is 0.196 e. The van der Waals surface area contributed by atoms with Crippen molar-refractivity contribution < 1.29 is 0 Å². The molecule has 110 valence electrons. The van der Waals surface area contributed by atoms with E-state index in [0.717, 1.165) is 16.5 Å². The number of halogens is 1. The van der Waals surface area contributed by atoms with Crippen LogP contribution in [0.1, 0.15) is 5.56 Å². The minimum Gasteiger partial charge on any atom is -0.287 e. The van der Waals surface area contributed by atoms with Crippen LogP contribution in [0.25, 0.3) is 10.9 Å². The van der Waals surface area contributed by atoms with Crippen molar-refractivity contribution >= 4 is 45.2 Å².